The highest BCUT2D eigenvalue weighted by Gasteiger charge is 2.29. The number of amides is 2. The van der Waals surface area contributed by atoms with Crippen LogP contribution >= 0.6 is 23.5 Å². The topological polar surface area (TPSA) is 82.0 Å². The van der Waals surface area contributed by atoms with Gasteiger partial charge in [-0.25, -0.2) is 0 Å². The number of para-hydroxylation sites is 1. The quantitative estimate of drug-likeness (QED) is 0.615. The number of allylic oxidation sites excluding steroid dienone is 1. The molecule has 154 valence electrons. The van der Waals surface area contributed by atoms with Crippen LogP contribution in [0.5, 0.6) is 0 Å². The van der Waals surface area contributed by atoms with Gasteiger partial charge in [-0.15, -0.1) is 11.8 Å². The predicted molar refractivity (Wildman–Crippen MR) is 123 cm³/mol. The predicted octanol–water partition coefficient (Wildman–Crippen LogP) is 4.68. The third-order valence-electron chi connectivity index (χ3n) is 4.89. The van der Waals surface area contributed by atoms with E-state index in [1.807, 2.05) is 61.7 Å². The fourth-order valence-electron chi connectivity index (χ4n) is 3.33. The number of rotatable bonds is 7. The summed E-state index contributed by atoms with van der Waals surface area (Å²) in [5.74, 6) is -0.513. The number of hydrogen-bond acceptors (Lipinski definition) is 5. The van der Waals surface area contributed by atoms with Gasteiger partial charge >= 0.3 is 0 Å². The van der Waals surface area contributed by atoms with Gasteiger partial charge in [0.2, 0.25) is 11.8 Å². The average Bonchev–Trinajstić information content (AvgIpc) is 2.77. The molecule has 5 nitrogen and oxygen atoms in total. The van der Waals surface area contributed by atoms with E-state index < -0.39 is 0 Å². The summed E-state index contributed by atoms with van der Waals surface area (Å²) in [5, 5.41) is 15.9. The summed E-state index contributed by atoms with van der Waals surface area (Å²) in [6.45, 7) is 2.03. The van der Waals surface area contributed by atoms with Crippen molar-refractivity contribution in [3.63, 3.8) is 0 Å². The van der Waals surface area contributed by atoms with E-state index in [2.05, 4.69) is 16.7 Å². The Kier molecular flexibility index (Phi) is 7.61. The fraction of sp³-hybridized carbons (Fsp3) is 0.261. The average molecular weight is 438 g/mol. The van der Waals surface area contributed by atoms with E-state index in [0.717, 1.165) is 28.1 Å². The van der Waals surface area contributed by atoms with Crippen LogP contribution in [0.1, 0.15) is 30.4 Å². The van der Waals surface area contributed by atoms with Gasteiger partial charge in [0.25, 0.3) is 0 Å². The van der Waals surface area contributed by atoms with E-state index in [-0.39, 0.29) is 29.9 Å². The molecular weight excluding hydrogens is 414 g/mol. The van der Waals surface area contributed by atoms with Crippen molar-refractivity contribution in [2.75, 3.05) is 17.3 Å². The summed E-state index contributed by atoms with van der Waals surface area (Å²) in [7, 11) is 0. The lowest BCUT2D eigenvalue weighted by molar-refractivity contribution is -0.121. The lowest BCUT2D eigenvalue weighted by Gasteiger charge is -2.25. The van der Waals surface area contributed by atoms with Gasteiger partial charge in [-0.05, 0) is 42.0 Å². The maximum absolute atomic E-state index is 12.5. The summed E-state index contributed by atoms with van der Waals surface area (Å²) < 4.78 is 0. The van der Waals surface area contributed by atoms with E-state index in [0.29, 0.717) is 10.6 Å². The van der Waals surface area contributed by atoms with Crippen molar-refractivity contribution in [1.82, 2.24) is 5.32 Å². The molecule has 2 aromatic rings. The van der Waals surface area contributed by atoms with Gasteiger partial charge < -0.3 is 10.6 Å². The third kappa shape index (κ3) is 5.26. The van der Waals surface area contributed by atoms with Crippen LogP contribution in [-0.2, 0) is 16.0 Å². The van der Waals surface area contributed by atoms with Crippen molar-refractivity contribution >= 4 is 41.0 Å². The van der Waals surface area contributed by atoms with Crippen molar-refractivity contribution in [1.29, 1.82) is 5.26 Å². The Hall–Kier alpha value is -2.69. The molecule has 30 heavy (non-hydrogen) atoms. The first-order chi connectivity index (χ1) is 14.5. The highest BCUT2D eigenvalue weighted by atomic mass is 32.2. The molecule has 0 saturated heterocycles. The lowest BCUT2D eigenvalue weighted by Crippen LogP contribution is -2.31. The molecule has 7 heteroatoms. The van der Waals surface area contributed by atoms with Gasteiger partial charge in [0.05, 0.1) is 22.4 Å². The second kappa shape index (κ2) is 10.4. The van der Waals surface area contributed by atoms with E-state index in [9.17, 15) is 14.9 Å². The Labute approximate surface area is 185 Å². The number of aryl methyl sites for hydroxylation is 1. The normalized spacial score (nSPS) is 16.0. The molecule has 0 spiro atoms. The van der Waals surface area contributed by atoms with Gasteiger partial charge in [0.15, 0.2) is 0 Å². The minimum Gasteiger partial charge on any atom is -0.325 e. The molecule has 0 bridgehead atoms. The van der Waals surface area contributed by atoms with Crippen LogP contribution in [0.15, 0.2) is 64.0 Å². The van der Waals surface area contributed by atoms with Crippen molar-refractivity contribution in [3.05, 3.63) is 70.3 Å². The molecule has 1 atom stereocenters. The van der Waals surface area contributed by atoms with Crippen LogP contribution in [0.25, 0.3) is 0 Å². The second-order valence-corrected chi connectivity index (χ2v) is 8.65. The number of carbonyl (C=O) groups is 2. The number of benzene rings is 2. The minimum absolute atomic E-state index is 0.108. The molecule has 0 saturated carbocycles. The Morgan fingerprint density at radius 2 is 1.97 bits per heavy atom. The van der Waals surface area contributed by atoms with Crippen LogP contribution in [0.2, 0.25) is 0 Å². The molecule has 2 N–H and O–H groups in total. The minimum atomic E-state index is -0.300. The van der Waals surface area contributed by atoms with E-state index >= 15 is 0 Å². The molecule has 0 aliphatic carbocycles. The second-order valence-electron chi connectivity index (χ2n) is 6.78. The number of nitrogens with zero attached hydrogens (tertiary/aromatic N) is 1. The smallest absolute Gasteiger partial charge is 0.234 e. The Morgan fingerprint density at radius 1 is 1.23 bits per heavy atom. The Balaban J connectivity index is 1.75. The zero-order chi connectivity index (χ0) is 21.5. The molecule has 1 heterocycles. The van der Waals surface area contributed by atoms with E-state index in [4.69, 9.17) is 0 Å². The number of anilines is 1. The summed E-state index contributed by atoms with van der Waals surface area (Å²) in [6, 6.07) is 17.8. The molecule has 1 aliphatic heterocycles. The van der Waals surface area contributed by atoms with Crippen molar-refractivity contribution in [2.45, 2.75) is 30.6 Å². The van der Waals surface area contributed by atoms with Gasteiger partial charge in [-0.3, -0.25) is 9.59 Å². The molecule has 1 aliphatic rings. The standard InChI is InChI=1S/C23H23N3O2S2/c1-3-15-6-4-5-7-20(15)25-22(28)14-30-23-19(13-24)18(12-21(27)26-23)16-8-10-17(29-2)11-9-16/h4-11,18H,3,12,14H2,1-2H3,(H,25,28)(H,26,27)/t18-/m1/s1. The maximum atomic E-state index is 12.5. The zero-order valence-electron chi connectivity index (χ0n) is 16.9. The van der Waals surface area contributed by atoms with Crippen LogP contribution in [0.3, 0.4) is 0 Å². The number of nitrogens with one attached hydrogen (secondary N) is 2. The first-order valence-corrected chi connectivity index (χ1v) is 11.8. The van der Waals surface area contributed by atoms with Crippen LogP contribution in [0.4, 0.5) is 5.69 Å². The number of hydrogen-bond donors (Lipinski definition) is 2. The van der Waals surface area contributed by atoms with Crippen molar-refractivity contribution in [3.8, 4) is 6.07 Å². The van der Waals surface area contributed by atoms with Gasteiger partial charge in [-0.1, -0.05) is 49.0 Å². The fourth-order valence-corrected chi connectivity index (χ4v) is 4.61. The monoisotopic (exact) mass is 437 g/mol. The Bertz CT molecular complexity index is 1010. The largest absolute Gasteiger partial charge is 0.325 e. The number of thioether (sulfide) groups is 2. The van der Waals surface area contributed by atoms with Gasteiger partial charge in [0.1, 0.15) is 0 Å². The first-order valence-electron chi connectivity index (χ1n) is 9.64. The molecule has 0 fully saturated rings. The van der Waals surface area contributed by atoms with Crippen LogP contribution in [0, 0.1) is 11.3 Å². The summed E-state index contributed by atoms with van der Waals surface area (Å²) >= 11 is 2.83. The van der Waals surface area contributed by atoms with Crippen molar-refractivity contribution in [2.24, 2.45) is 0 Å². The molecular formula is C23H23N3O2S2. The highest BCUT2D eigenvalue weighted by Crippen LogP contribution is 2.36. The SMILES string of the molecule is CCc1ccccc1NC(=O)CSC1=C(C#N)[C@@H](c2ccc(SC)cc2)CC(=O)N1. The van der Waals surface area contributed by atoms with Crippen LogP contribution in [-0.4, -0.2) is 23.8 Å². The number of carbonyl (C=O) groups excluding carboxylic acids is 2. The molecule has 2 amide bonds. The number of nitriles is 1. The maximum Gasteiger partial charge on any atom is 0.234 e. The van der Waals surface area contributed by atoms with Gasteiger partial charge in [-0.2, -0.15) is 5.26 Å². The molecule has 0 radical (unpaired) electrons. The Morgan fingerprint density at radius 3 is 2.63 bits per heavy atom. The highest BCUT2D eigenvalue weighted by molar-refractivity contribution is 8.03. The summed E-state index contributed by atoms with van der Waals surface area (Å²) in [4.78, 5) is 25.9. The van der Waals surface area contributed by atoms with Crippen LogP contribution < -0.4 is 10.6 Å². The first kappa shape index (κ1) is 22.0. The lowest BCUT2D eigenvalue weighted by atomic mass is 9.87. The summed E-state index contributed by atoms with van der Waals surface area (Å²) in [6.07, 6.45) is 3.05. The van der Waals surface area contributed by atoms with E-state index in [1.165, 1.54) is 11.8 Å². The molecule has 0 unspecified atom stereocenters. The third-order valence-corrected chi connectivity index (χ3v) is 6.65. The molecule has 2 aromatic carbocycles. The van der Waals surface area contributed by atoms with Gasteiger partial charge in [0, 0.05) is 22.9 Å². The molecule has 0 aromatic heterocycles. The zero-order valence-corrected chi connectivity index (χ0v) is 18.5. The van der Waals surface area contributed by atoms with E-state index in [1.54, 1.807) is 11.8 Å². The van der Waals surface area contributed by atoms with Crippen molar-refractivity contribution < 1.29 is 9.59 Å². The molecule has 3 rings (SSSR count). The summed E-state index contributed by atoms with van der Waals surface area (Å²) in [5.41, 5.74) is 3.28.